The second-order valence-corrected chi connectivity index (χ2v) is 14.0. The molecule has 58 heavy (non-hydrogen) atoms. The van der Waals surface area contributed by atoms with E-state index in [0.29, 0.717) is 60.1 Å². The zero-order valence-electron chi connectivity index (χ0n) is 31.2. The Balaban J connectivity index is 0.911. The van der Waals surface area contributed by atoms with Gasteiger partial charge in [0.15, 0.2) is 11.9 Å². The van der Waals surface area contributed by atoms with Crippen molar-refractivity contribution in [1.82, 2.24) is 44.2 Å². The minimum atomic E-state index is -3.88. The highest BCUT2D eigenvalue weighted by atomic mass is 19.3. The maximum atomic E-state index is 14.5. The standard InChI is InChI=1S/C36H40F2N12O8/c1-19(2)22-13-23(25(53)14-24(22)52)30-45-46-35(57)50(30)21-5-3-20(4-6-21)16-47-9-11-48(12-10-47)33-41-18-40-32(44-33)39-15-28(54)42-27-7-8-49(34(56)43-27)31-36(37,38)29(55)26(17-51)58-31/h3-8,13-14,18-19,26,29,31,51-53,55H,9-12,15-17H2,1-2H3,(H,46,57)(H,39,40,41,44)(H,42,43,54,56). The number of halogens is 2. The van der Waals surface area contributed by atoms with Crippen molar-refractivity contribution in [3.8, 4) is 28.6 Å². The Labute approximate surface area is 327 Å². The lowest BCUT2D eigenvalue weighted by atomic mass is 9.98. The molecule has 22 heteroatoms. The van der Waals surface area contributed by atoms with Crippen LogP contribution in [-0.4, -0.2) is 128 Å². The van der Waals surface area contributed by atoms with Crippen LogP contribution in [0.4, 0.5) is 26.5 Å². The number of phenols is 2. The first-order valence-corrected chi connectivity index (χ1v) is 18.2. The van der Waals surface area contributed by atoms with Crippen LogP contribution in [0.25, 0.3) is 17.1 Å². The molecule has 3 unspecified atom stereocenters. The number of ether oxygens (including phenoxy) is 1. The molecule has 2 aliphatic rings. The molecule has 20 nitrogen and oxygen atoms in total. The Bertz CT molecular complexity index is 2400. The van der Waals surface area contributed by atoms with E-state index in [0.717, 1.165) is 17.8 Å². The fourth-order valence-corrected chi connectivity index (χ4v) is 6.72. The molecular formula is C36H40F2N12O8. The fourth-order valence-electron chi connectivity index (χ4n) is 6.72. The van der Waals surface area contributed by atoms with Crippen LogP contribution in [0, 0.1) is 0 Å². The minimum Gasteiger partial charge on any atom is -0.508 e. The summed E-state index contributed by atoms with van der Waals surface area (Å²) < 4.78 is 35.7. The van der Waals surface area contributed by atoms with E-state index >= 15 is 0 Å². The number of benzene rings is 2. The van der Waals surface area contributed by atoms with Gasteiger partial charge in [0.2, 0.25) is 24.0 Å². The summed E-state index contributed by atoms with van der Waals surface area (Å²) in [4.78, 5) is 58.5. The van der Waals surface area contributed by atoms with E-state index in [4.69, 9.17) is 4.74 Å². The number of alkyl halides is 2. The normalized spacial score (nSPS) is 19.4. The van der Waals surface area contributed by atoms with Crippen LogP contribution in [0.2, 0.25) is 0 Å². The van der Waals surface area contributed by atoms with Crippen LogP contribution in [0.5, 0.6) is 11.5 Å². The molecule has 2 aliphatic heterocycles. The van der Waals surface area contributed by atoms with E-state index in [1.807, 2.05) is 30.9 Å². The molecule has 0 saturated carbocycles. The lowest BCUT2D eigenvalue weighted by molar-refractivity contribution is -0.141. The first kappa shape index (κ1) is 39.9. The number of amides is 1. The van der Waals surface area contributed by atoms with Gasteiger partial charge in [-0.2, -0.15) is 23.8 Å². The lowest BCUT2D eigenvalue weighted by Gasteiger charge is -2.34. The first-order chi connectivity index (χ1) is 27.7. The van der Waals surface area contributed by atoms with Gasteiger partial charge < -0.3 is 40.7 Å². The number of carbonyl (C=O) groups is 1. The molecule has 3 aromatic heterocycles. The number of rotatable bonds is 12. The summed E-state index contributed by atoms with van der Waals surface area (Å²) in [6.07, 6.45) is -3.87. The number of hydrogen-bond donors (Lipinski definition) is 7. The Morgan fingerprint density at radius 3 is 2.45 bits per heavy atom. The van der Waals surface area contributed by atoms with E-state index in [1.54, 1.807) is 18.2 Å². The fraction of sp³-hybridized carbons (Fsp3) is 0.389. The number of phenolic OH excluding ortho intramolecular Hbond substituents is 2. The number of anilines is 3. The van der Waals surface area contributed by atoms with E-state index in [1.165, 1.54) is 17.0 Å². The molecule has 7 N–H and O–H groups in total. The van der Waals surface area contributed by atoms with Gasteiger partial charge in [0.25, 0.3) is 0 Å². The molecule has 5 aromatic rings. The molecule has 0 aliphatic carbocycles. The zero-order chi connectivity index (χ0) is 41.3. The number of aromatic amines is 1. The largest absolute Gasteiger partial charge is 0.508 e. The third kappa shape index (κ3) is 8.07. The Kier molecular flexibility index (Phi) is 11.2. The van der Waals surface area contributed by atoms with E-state index < -0.39 is 48.3 Å². The van der Waals surface area contributed by atoms with Gasteiger partial charge in [0.1, 0.15) is 29.7 Å². The summed E-state index contributed by atoms with van der Waals surface area (Å²) >= 11 is 0. The minimum absolute atomic E-state index is 0.0324. The van der Waals surface area contributed by atoms with Gasteiger partial charge in [-0.15, -0.1) is 0 Å². The predicted octanol–water partition coefficient (Wildman–Crippen LogP) is 0.763. The maximum absolute atomic E-state index is 14.5. The van der Waals surface area contributed by atoms with Crippen LogP contribution in [0.3, 0.4) is 0 Å². The molecule has 2 saturated heterocycles. The molecule has 0 spiro atoms. The number of piperazine rings is 1. The van der Waals surface area contributed by atoms with Crippen LogP contribution in [-0.2, 0) is 16.1 Å². The Hall–Kier alpha value is -6.36. The van der Waals surface area contributed by atoms with Gasteiger partial charge in [0, 0.05) is 45.0 Å². The van der Waals surface area contributed by atoms with Gasteiger partial charge in [-0.1, -0.05) is 26.0 Å². The van der Waals surface area contributed by atoms with Crippen molar-refractivity contribution >= 4 is 23.6 Å². The van der Waals surface area contributed by atoms with Crippen molar-refractivity contribution in [2.24, 2.45) is 0 Å². The van der Waals surface area contributed by atoms with Gasteiger partial charge in [-0.3, -0.25) is 14.3 Å². The summed E-state index contributed by atoms with van der Waals surface area (Å²) in [6, 6.07) is 11.4. The van der Waals surface area contributed by atoms with Gasteiger partial charge >= 0.3 is 17.3 Å². The van der Waals surface area contributed by atoms with Gasteiger partial charge in [-0.05, 0) is 41.3 Å². The SMILES string of the molecule is CC(C)c1cc(-c2n[nH]c(=O)n2-c2ccc(CN3CCN(c4ncnc(NCC(=O)Nc5ccn(C6OC(CO)C(O)C6(F)F)c(=O)n5)n4)CC3)cc2)c(O)cc1O. The van der Waals surface area contributed by atoms with Crippen LogP contribution < -0.4 is 26.9 Å². The summed E-state index contributed by atoms with van der Waals surface area (Å²) in [7, 11) is 0. The third-order valence-electron chi connectivity index (χ3n) is 9.81. The molecule has 2 fully saturated rings. The van der Waals surface area contributed by atoms with Crippen molar-refractivity contribution in [2.45, 2.75) is 50.7 Å². The summed E-state index contributed by atoms with van der Waals surface area (Å²) in [5, 5.41) is 51.6. The second-order valence-electron chi connectivity index (χ2n) is 14.0. The summed E-state index contributed by atoms with van der Waals surface area (Å²) in [6.45, 7) is 5.79. The number of nitrogens with zero attached hydrogens (tertiary/aromatic N) is 9. The number of H-pyrrole nitrogens is 1. The average molecular weight is 807 g/mol. The molecule has 7 rings (SSSR count). The van der Waals surface area contributed by atoms with E-state index in [-0.39, 0.29) is 41.6 Å². The van der Waals surface area contributed by atoms with Gasteiger partial charge in [0.05, 0.1) is 24.4 Å². The monoisotopic (exact) mass is 806 g/mol. The second kappa shape index (κ2) is 16.2. The number of hydrogen-bond acceptors (Lipinski definition) is 16. The highest BCUT2D eigenvalue weighted by Crippen LogP contribution is 2.42. The number of carbonyl (C=O) groups excluding carboxylic acids is 1. The van der Waals surface area contributed by atoms with E-state index in [2.05, 4.69) is 45.7 Å². The van der Waals surface area contributed by atoms with Crippen molar-refractivity contribution in [3.63, 3.8) is 0 Å². The van der Waals surface area contributed by atoms with E-state index in [9.17, 15) is 43.6 Å². The molecule has 0 bridgehead atoms. The maximum Gasteiger partial charge on any atom is 0.351 e. The number of aliphatic hydroxyl groups is 2. The molecule has 5 heterocycles. The summed E-state index contributed by atoms with van der Waals surface area (Å²) in [5.74, 6) is -4.29. The first-order valence-electron chi connectivity index (χ1n) is 18.2. The smallest absolute Gasteiger partial charge is 0.351 e. The highest BCUT2D eigenvalue weighted by Gasteiger charge is 2.59. The number of aromatic nitrogens is 8. The quantitative estimate of drug-likeness (QED) is 0.0918. The van der Waals surface area contributed by atoms with Crippen LogP contribution in [0.15, 0.2) is 64.6 Å². The molecular weight excluding hydrogens is 766 g/mol. The number of nitrogens with one attached hydrogen (secondary N) is 3. The highest BCUT2D eigenvalue weighted by molar-refractivity contribution is 5.92. The number of aliphatic hydroxyl groups excluding tert-OH is 2. The molecule has 1 amide bonds. The van der Waals surface area contributed by atoms with Crippen molar-refractivity contribution in [2.75, 3.05) is 54.9 Å². The average Bonchev–Trinajstić information content (AvgIpc) is 3.69. The van der Waals surface area contributed by atoms with Crippen molar-refractivity contribution in [3.05, 3.63) is 87.1 Å². The molecule has 0 radical (unpaired) electrons. The number of aromatic hydroxyl groups is 2. The Morgan fingerprint density at radius 1 is 1.03 bits per heavy atom. The molecule has 306 valence electrons. The van der Waals surface area contributed by atoms with Gasteiger partial charge in [-0.25, -0.2) is 29.2 Å². The zero-order valence-corrected chi connectivity index (χ0v) is 31.2. The summed E-state index contributed by atoms with van der Waals surface area (Å²) in [5.41, 5.74) is 0.812. The van der Waals surface area contributed by atoms with Crippen molar-refractivity contribution < 1.29 is 38.7 Å². The van der Waals surface area contributed by atoms with Crippen molar-refractivity contribution in [1.29, 1.82) is 0 Å². The molecule has 2 aromatic carbocycles. The van der Waals surface area contributed by atoms with Crippen LogP contribution >= 0.6 is 0 Å². The predicted molar refractivity (Wildman–Crippen MR) is 202 cm³/mol. The molecule has 3 atom stereocenters. The third-order valence-corrected chi connectivity index (χ3v) is 9.81. The lowest BCUT2D eigenvalue weighted by Crippen LogP contribution is -2.46. The topological polar surface area (TPSA) is 262 Å². The Morgan fingerprint density at radius 2 is 1.78 bits per heavy atom. The van der Waals surface area contributed by atoms with Crippen LogP contribution in [0.1, 0.15) is 37.1 Å².